The van der Waals surface area contributed by atoms with E-state index in [9.17, 15) is 14.7 Å². The van der Waals surface area contributed by atoms with Crippen molar-refractivity contribution < 1.29 is 24.9 Å². The molecule has 8 heteroatoms. The first-order chi connectivity index (χ1) is 16.0. The Morgan fingerprint density at radius 3 is 1.53 bits per heavy atom. The summed E-state index contributed by atoms with van der Waals surface area (Å²) in [6.07, 6.45) is 22.4. The van der Waals surface area contributed by atoms with E-state index >= 15 is 0 Å². The molecular formula is C26H50N2NaO5. The van der Waals surface area contributed by atoms with E-state index in [0.717, 1.165) is 19.4 Å². The Balaban J connectivity index is 0. The molecule has 0 aromatic carbocycles. The van der Waals surface area contributed by atoms with Crippen LogP contribution in [0.5, 0.6) is 0 Å². The van der Waals surface area contributed by atoms with E-state index < -0.39 is 11.9 Å². The first kappa shape index (κ1) is 35.7. The van der Waals surface area contributed by atoms with Gasteiger partial charge in [-0.1, -0.05) is 76.9 Å². The van der Waals surface area contributed by atoms with Crippen LogP contribution in [0.25, 0.3) is 0 Å². The molecule has 0 heterocycles. The van der Waals surface area contributed by atoms with Crippen molar-refractivity contribution in [1.29, 1.82) is 0 Å². The number of hydrogen-bond acceptors (Lipinski definition) is 5. The van der Waals surface area contributed by atoms with Gasteiger partial charge in [0.2, 0.25) is 0 Å². The van der Waals surface area contributed by atoms with Crippen molar-refractivity contribution >= 4 is 41.5 Å². The number of rotatable bonds is 25. The van der Waals surface area contributed by atoms with E-state index in [1.807, 2.05) is 0 Å². The maximum Gasteiger partial charge on any atom is 0.317 e. The Morgan fingerprint density at radius 2 is 1.06 bits per heavy atom. The fourth-order valence-corrected chi connectivity index (χ4v) is 3.94. The van der Waals surface area contributed by atoms with Crippen molar-refractivity contribution in [1.82, 2.24) is 9.80 Å². The SMILES string of the molecule is CCCCCCCC/C=C\CCCCCCCCN(CCO)CCN(CC(=O)O)CC(=O)O.[Na]. The topological polar surface area (TPSA) is 101 Å². The smallest absolute Gasteiger partial charge is 0.317 e. The van der Waals surface area contributed by atoms with Crippen molar-refractivity contribution in [3.8, 4) is 0 Å². The predicted molar refractivity (Wildman–Crippen MR) is 140 cm³/mol. The van der Waals surface area contributed by atoms with Gasteiger partial charge >= 0.3 is 11.9 Å². The summed E-state index contributed by atoms with van der Waals surface area (Å²) in [4.78, 5) is 25.3. The molecule has 0 atom stereocenters. The molecule has 195 valence electrons. The van der Waals surface area contributed by atoms with E-state index in [0.29, 0.717) is 19.6 Å². The summed E-state index contributed by atoms with van der Waals surface area (Å²) in [6.45, 7) is 4.03. The number of allylic oxidation sites excluding steroid dienone is 2. The predicted octanol–water partition coefficient (Wildman–Crippen LogP) is 4.41. The molecule has 0 amide bonds. The third kappa shape index (κ3) is 26.2. The van der Waals surface area contributed by atoms with Gasteiger partial charge < -0.3 is 15.3 Å². The van der Waals surface area contributed by atoms with Gasteiger partial charge in [0.15, 0.2) is 0 Å². The van der Waals surface area contributed by atoms with Gasteiger partial charge in [-0.25, -0.2) is 0 Å². The van der Waals surface area contributed by atoms with Crippen molar-refractivity contribution in [2.24, 2.45) is 0 Å². The zero-order valence-electron chi connectivity index (χ0n) is 22.1. The van der Waals surface area contributed by atoms with Gasteiger partial charge in [0.05, 0.1) is 19.7 Å². The molecule has 0 fully saturated rings. The molecule has 0 saturated carbocycles. The van der Waals surface area contributed by atoms with Crippen molar-refractivity contribution in [2.45, 2.75) is 96.8 Å². The number of nitrogens with zero attached hydrogens (tertiary/aromatic N) is 2. The quantitative estimate of drug-likeness (QED) is 0.0984. The Bertz CT molecular complexity index is 490. The Labute approximate surface area is 230 Å². The molecule has 0 saturated heterocycles. The second-order valence-corrected chi connectivity index (χ2v) is 9.00. The van der Waals surface area contributed by atoms with Crippen LogP contribution in [0.4, 0.5) is 0 Å². The van der Waals surface area contributed by atoms with Crippen LogP contribution >= 0.6 is 0 Å². The fourth-order valence-electron chi connectivity index (χ4n) is 3.94. The van der Waals surface area contributed by atoms with Gasteiger partial charge in [-0.3, -0.25) is 19.4 Å². The number of carboxylic acids is 2. The van der Waals surface area contributed by atoms with Crippen molar-refractivity contribution in [3.63, 3.8) is 0 Å². The molecule has 34 heavy (non-hydrogen) atoms. The van der Waals surface area contributed by atoms with E-state index in [1.165, 1.54) is 81.9 Å². The van der Waals surface area contributed by atoms with E-state index in [-0.39, 0.29) is 49.3 Å². The summed E-state index contributed by atoms with van der Waals surface area (Å²) in [7, 11) is 0. The summed E-state index contributed by atoms with van der Waals surface area (Å²) >= 11 is 0. The number of unbranched alkanes of at least 4 members (excludes halogenated alkanes) is 12. The number of aliphatic hydroxyl groups excluding tert-OH is 1. The molecule has 3 N–H and O–H groups in total. The number of hydrogen-bond donors (Lipinski definition) is 3. The first-order valence-corrected chi connectivity index (χ1v) is 13.1. The molecule has 0 spiro atoms. The summed E-state index contributed by atoms with van der Waals surface area (Å²) in [5.74, 6) is -2.06. The van der Waals surface area contributed by atoms with Crippen molar-refractivity contribution in [3.05, 3.63) is 12.2 Å². The van der Waals surface area contributed by atoms with Gasteiger partial charge in [0.1, 0.15) is 0 Å². The van der Waals surface area contributed by atoms with Gasteiger partial charge in [0, 0.05) is 49.2 Å². The van der Waals surface area contributed by atoms with Crippen molar-refractivity contribution in [2.75, 3.05) is 45.9 Å². The van der Waals surface area contributed by atoms with Gasteiger partial charge in [0.25, 0.3) is 0 Å². The molecule has 0 aromatic heterocycles. The van der Waals surface area contributed by atoms with Crippen LogP contribution in [0.1, 0.15) is 96.8 Å². The Hall–Kier alpha value is -0.440. The molecule has 0 bridgehead atoms. The zero-order valence-corrected chi connectivity index (χ0v) is 24.1. The summed E-state index contributed by atoms with van der Waals surface area (Å²) < 4.78 is 0. The Morgan fingerprint density at radius 1 is 0.618 bits per heavy atom. The van der Waals surface area contributed by atoms with Crippen LogP contribution in [0.2, 0.25) is 0 Å². The number of carboxylic acid groups (broad SMARTS) is 2. The van der Waals surface area contributed by atoms with Crippen LogP contribution in [0.3, 0.4) is 0 Å². The molecule has 0 aliphatic carbocycles. The minimum Gasteiger partial charge on any atom is -0.480 e. The van der Waals surface area contributed by atoms with Gasteiger partial charge in [-0.15, -0.1) is 0 Å². The molecule has 0 rings (SSSR count). The monoisotopic (exact) mass is 493 g/mol. The van der Waals surface area contributed by atoms with Crippen LogP contribution in [0.15, 0.2) is 12.2 Å². The van der Waals surface area contributed by atoms with Crippen LogP contribution in [-0.4, -0.2) is 112 Å². The third-order valence-corrected chi connectivity index (χ3v) is 5.85. The fraction of sp³-hybridized carbons (Fsp3) is 0.846. The average molecular weight is 494 g/mol. The minimum atomic E-state index is -1.03. The number of carbonyl (C=O) groups is 2. The maximum atomic E-state index is 10.9. The standard InChI is InChI=1S/C26H50N2O5.Na/c1-2-3-4-5-6-7-8-9-10-11-12-13-14-15-16-17-18-27(21-22-29)19-20-28(23-25(30)31)24-26(32)33;/h9-10,29H,2-8,11-24H2,1H3,(H,30,31)(H,32,33);/b10-9-;. The molecule has 1 radical (unpaired) electrons. The Kier molecular flexibility index (Phi) is 28.5. The van der Waals surface area contributed by atoms with Gasteiger partial charge in [-0.2, -0.15) is 0 Å². The van der Waals surface area contributed by atoms with E-state index in [1.54, 1.807) is 0 Å². The maximum absolute atomic E-state index is 10.9. The first-order valence-electron chi connectivity index (χ1n) is 13.1. The van der Waals surface area contributed by atoms with Crippen LogP contribution in [-0.2, 0) is 9.59 Å². The average Bonchev–Trinajstić information content (AvgIpc) is 2.76. The zero-order chi connectivity index (χ0) is 24.6. The molecule has 0 unspecified atom stereocenters. The minimum absolute atomic E-state index is 0. The van der Waals surface area contributed by atoms with E-state index in [2.05, 4.69) is 24.0 Å². The van der Waals surface area contributed by atoms with Crippen LogP contribution in [0, 0.1) is 0 Å². The summed E-state index contributed by atoms with van der Waals surface area (Å²) in [5, 5.41) is 27.1. The summed E-state index contributed by atoms with van der Waals surface area (Å²) in [6, 6.07) is 0. The van der Waals surface area contributed by atoms with Gasteiger partial charge in [-0.05, 0) is 38.6 Å². The van der Waals surface area contributed by atoms with E-state index in [4.69, 9.17) is 10.2 Å². The normalized spacial score (nSPS) is 11.4. The molecule has 0 aromatic rings. The molecule has 0 aliphatic rings. The molecule has 7 nitrogen and oxygen atoms in total. The molecular weight excluding hydrogens is 443 g/mol. The second-order valence-electron chi connectivity index (χ2n) is 9.00. The summed E-state index contributed by atoms with van der Waals surface area (Å²) in [5.41, 5.74) is 0. The van der Waals surface area contributed by atoms with Crippen LogP contribution < -0.4 is 0 Å². The largest absolute Gasteiger partial charge is 0.480 e. The number of aliphatic hydroxyl groups is 1. The number of aliphatic carboxylic acids is 2. The molecule has 0 aliphatic heterocycles. The second kappa shape index (κ2) is 27.2. The third-order valence-electron chi connectivity index (χ3n) is 5.85.